The summed E-state index contributed by atoms with van der Waals surface area (Å²) in [7, 11) is 0. The number of ketones is 1. The Balaban J connectivity index is 2.24. The average molecular weight is 332 g/mol. The predicted octanol–water partition coefficient (Wildman–Crippen LogP) is 4.41. The zero-order valence-corrected chi connectivity index (χ0v) is 13.0. The molecule has 3 rings (SSSR count). The summed E-state index contributed by atoms with van der Waals surface area (Å²) in [5.41, 5.74) is 0.338. The van der Waals surface area contributed by atoms with Gasteiger partial charge in [0.2, 0.25) is 0 Å². The summed E-state index contributed by atoms with van der Waals surface area (Å²) in [6, 6.07) is 7.17. The number of halogens is 3. The number of Topliss-reactive ketones (excluding diaryl/α,β-unsaturated/α-hetero) is 1. The first kappa shape index (κ1) is 16.4. The van der Waals surface area contributed by atoms with Crippen molar-refractivity contribution in [1.29, 1.82) is 5.26 Å². The van der Waals surface area contributed by atoms with Gasteiger partial charge in [-0.05, 0) is 31.4 Å². The molecule has 1 aromatic rings. The predicted molar refractivity (Wildman–Crippen MR) is 82.3 cm³/mol. The van der Waals surface area contributed by atoms with Crippen LogP contribution in [-0.4, -0.2) is 11.5 Å². The molecule has 0 spiro atoms. The van der Waals surface area contributed by atoms with Gasteiger partial charge in [-0.2, -0.15) is 18.4 Å². The lowest BCUT2D eigenvalue weighted by Gasteiger charge is -2.35. The minimum atomic E-state index is -4.54. The number of nitriles is 1. The number of carbonyl (C=O) groups excluding carboxylic acids is 1. The van der Waals surface area contributed by atoms with Crippen molar-refractivity contribution in [2.75, 3.05) is 0 Å². The third-order valence-corrected chi connectivity index (χ3v) is 4.63. The molecule has 6 heteroatoms. The van der Waals surface area contributed by atoms with Crippen molar-refractivity contribution in [2.45, 2.75) is 38.3 Å². The van der Waals surface area contributed by atoms with Crippen molar-refractivity contribution in [1.82, 2.24) is 0 Å². The monoisotopic (exact) mass is 332 g/mol. The van der Waals surface area contributed by atoms with E-state index in [1.54, 1.807) is 6.92 Å². The van der Waals surface area contributed by atoms with E-state index in [9.17, 15) is 23.2 Å². The van der Waals surface area contributed by atoms with Crippen LogP contribution in [0.2, 0.25) is 0 Å². The van der Waals surface area contributed by atoms with Crippen molar-refractivity contribution in [2.24, 2.45) is 10.9 Å². The summed E-state index contributed by atoms with van der Waals surface area (Å²) in [5, 5.41) is 9.49. The van der Waals surface area contributed by atoms with Crippen LogP contribution in [0.4, 0.5) is 13.2 Å². The van der Waals surface area contributed by atoms with E-state index in [2.05, 4.69) is 4.99 Å². The van der Waals surface area contributed by atoms with Crippen LogP contribution in [0.15, 0.2) is 40.5 Å². The van der Waals surface area contributed by atoms with E-state index in [1.807, 2.05) is 6.07 Å². The largest absolute Gasteiger partial charge is 0.416 e. The fourth-order valence-electron chi connectivity index (χ4n) is 3.62. The Bertz CT molecular complexity index is 799. The second-order valence-electron chi connectivity index (χ2n) is 6.07. The minimum absolute atomic E-state index is 0.0199. The second-order valence-corrected chi connectivity index (χ2v) is 6.07. The van der Waals surface area contributed by atoms with Gasteiger partial charge in [-0.15, -0.1) is 0 Å². The molecule has 2 unspecified atom stereocenters. The normalized spacial score (nSPS) is 24.3. The summed E-state index contributed by atoms with van der Waals surface area (Å²) < 4.78 is 40.3. The molecule has 1 aromatic carbocycles. The molecule has 3 nitrogen and oxygen atoms in total. The number of aliphatic imine (C=N–C) groups is 1. The molecule has 1 aliphatic carbocycles. The topological polar surface area (TPSA) is 53.2 Å². The highest BCUT2D eigenvalue weighted by atomic mass is 19.4. The lowest BCUT2D eigenvalue weighted by Crippen LogP contribution is -2.37. The number of hydrogen-bond donors (Lipinski definition) is 0. The van der Waals surface area contributed by atoms with E-state index in [4.69, 9.17) is 0 Å². The summed E-state index contributed by atoms with van der Waals surface area (Å²) in [6.07, 6.45) is -3.00. The van der Waals surface area contributed by atoms with Crippen LogP contribution in [0.1, 0.15) is 43.2 Å². The highest BCUT2D eigenvalue weighted by Crippen LogP contribution is 2.46. The Hall–Kier alpha value is -2.42. The summed E-state index contributed by atoms with van der Waals surface area (Å²) in [5.74, 6) is -1.81. The van der Waals surface area contributed by atoms with Gasteiger partial charge >= 0.3 is 6.18 Å². The molecule has 1 aliphatic heterocycles. The molecule has 24 heavy (non-hydrogen) atoms. The number of fused-ring (bicyclic) bond motifs is 1. The van der Waals surface area contributed by atoms with Gasteiger partial charge < -0.3 is 0 Å². The molecule has 124 valence electrons. The van der Waals surface area contributed by atoms with Crippen molar-refractivity contribution in [3.8, 4) is 6.07 Å². The van der Waals surface area contributed by atoms with E-state index in [0.29, 0.717) is 30.7 Å². The Morgan fingerprint density at radius 3 is 2.58 bits per heavy atom. The molecule has 2 aliphatic rings. The van der Waals surface area contributed by atoms with Gasteiger partial charge in [0.05, 0.1) is 28.8 Å². The van der Waals surface area contributed by atoms with Crippen LogP contribution >= 0.6 is 0 Å². The molecular weight excluding hydrogens is 317 g/mol. The Morgan fingerprint density at radius 1 is 1.21 bits per heavy atom. The molecule has 0 amide bonds. The summed E-state index contributed by atoms with van der Waals surface area (Å²) in [4.78, 5) is 16.8. The highest BCUT2D eigenvalue weighted by molar-refractivity contribution is 6.09. The van der Waals surface area contributed by atoms with E-state index in [-0.39, 0.29) is 16.9 Å². The van der Waals surface area contributed by atoms with Gasteiger partial charge in [-0.25, -0.2) is 0 Å². The number of allylic oxidation sites excluding steroid dienone is 2. The molecule has 0 bridgehead atoms. The number of nitrogens with zero attached hydrogens (tertiary/aromatic N) is 2. The van der Waals surface area contributed by atoms with Crippen LogP contribution in [0, 0.1) is 17.2 Å². The second kappa shape index (κ2) is 5.90. The maximum Gasteiger partial charge on any atom is 0.416 e. The van der Waals surface area contributed by atoms with Crippen LogP contribution in [0.25, 0.3) is 0 Å². The molecule has 0 N–H and O–H groups in total. The molecular formula is C18H15F3N2O. The molecule has 1 heterocycles. The van der Waals surface area contributed by atoms with Gasteiger partial charge in [-0.3, -0.25) is 9.79 Å². The summed E-state index contributed by atoms with van der Waals surface area (Å²) >= 11 is 0. The van der Waals surface area contributed by atoms with Crippen LogP contribution < -0.4 is 0 Å². The van der Waals surface area contributed by atoms with Gasteiger partial charge in [0.25, 0.3) is 0 Å². The van der Waals surface area contributed by atoms with Crippen molar-refractivity contribution in [3.63, 3.8) is 0 Å². The van der Waals surface area contributed by atoms with E-state index in [1.165, 1.54) is 18.2 Å². The van der Waals surface area contributed by atoms with Crippen LogP contribution in [0.5, 0.6) is 0 Å². The zero-order valence-electron chi connectivity index (χ0n) is 13.0. The fraction of sp³-hybridized carbons (Fsp3) is 0.389. The number of alkyl halides is 3. The van der Waals surface area contributed by atoms with E-state index < -0.39 is 23.6 Å². The summed E-state index contributed by atoms with van der Waals surface area (Å²) in [6.45, 7) is 1.62. The van der Waals surface area contributed by atoms with Gasteiger partial charge in [-0.1, -0.05) is 18.2 Å². The molecule has 0 saturated heterocycles. The SMILES string of the molecule is CC1=C(C#N)C(c2ccccc2C(F)(F)F)C2C(=O)CCCC2=N1. The van der Waals surface area contributed by atoms with Gasteiger partial charge in [0.1, 0.15) is 5.78 Å². The standard InChI is InChI=1S/C18H15F3N2O/c1-10-12(9-22)16(17-14(23-10)7-4-8-15(17)24)11-5-2-3-6-13(11)18(19,20)21/h2-3,5-6,16-17H,4,7-8H2,1H3. The number of benzene rings is 1. The first-order chi connectivity index (χ1) is 11.3. The third kappa shape index (κ3) is 2.64. The lowest BCUT2D eigenvalue weighted by atomic mass is 9.69. The molecule has 0 aromatic heterocycles. The number of rotatable bonds is 1. The highest BCUT2D eigenvalue weighted by Gasteiger charge is 2.44. The van der Waals surface area contributed by atoms with Crippen LogP contribution in [0.3, 0.4) is 0 Å². The lowest BCUT2D eigenvalue weighted by molar-refractivity contribution is -0.138. The fourth-order valence-corrected chi connectivity index (χ4v) is 3.62. The van der Waals surface area contributed by atoms with Gasteiger partial charge in [0, 0.05) is 18.1 Å². The zero-order chi connectivity index (χ0) is 17.5. The van der Waals surface area contributed by atoms with E-state index in [0.717, 1.165) is 6.07 Å². The molecule has 1 fully saturated rings. The Morgan fingerprint density at radius 2 is 1.92 bits per heavy atom. The maximum atomic E-state index is 13.4. The Kier molecular flexibility index (Phi) is 4.04. The average Bonchev–Trinajstić information content (AvgIpc) is 2.53. The smallest absolute Gasteiger partial charge is 0.299 e. The van der Waals surface area contributed by atoms with Crippen molar-refractivity contribution in [3.05, 3.63) is 46.7 Å². The Labute approximate surface area is 137 Å². The van der Waals surface area contributed by atoms with Gasteiger partial charge in [0.15, 0.2) is 0 Å². The first-order valence-corrected chi connectivity index (χ1v) is 7.71. The van der Waals surface area contributed by atoms with Crippen molar-refractivity contribution < 1.29 is 18.0 Å². The number of hydrogen-bond acceptors (Lipinski definition) is 3. The van der Waals surface area contributed by atoms with Crippen LogP contribution in [-0.2, 0) is 11.0 Å². The minimum Gasteiger partial charge on any atom is -0.299 e. The number of carbonyl (C=O) groups is 1. The van der Waals surface area contributed by atoms with Crippen molar-refractivity contribution >= 4 is 11.5 Å². The first-order valence-electron chi connectivity index (χ1n) is 7.71. The third-order valence-electron chi connectivity index (χ3n) is 4.63. The molecule has 2 atom stereocenters. The molecule has 0 radical (unpaired) electrons. The van der Waals surface area contributed by atoms with E-state index >= 15 is 0 Å². The maximum absolute atomic E-state index is 13.4. The molecule has 1 saturated carbocycles. The quantitative estimate of drug-likeness (QED) is 0.765.